The number of rotatable bonds is 8. The van der Waals surface area contributed by atoms with Crippen LogP contribution in [0.2, 0.25) is 0 Å². The molecule has 3 N–H and O–H groups in total. The van der Waals surface area contributed by atoms with Crippen LogP contribution in [0.1, 0.15) is 38.7 Å². The van der Waals surface area contributed by atoms with Gasteiger partial charge in [-0.2, -0.15) is 0 Å². The number of nitrogens with zero attached hydrogens (tertiary/aromatic N) is 3. The molecule has 6 nitrogen and oxygen atoms in total. The number of fused-ring (bicyclic) bond motifs is 1. The van der Waals surface area contributed by atoms with Crippen LogP contribution < -0.4 is 5.73 Å². The zero-order chi connectivity index (χ0) is 21.7. The van der Waals surface area contributed by atoms with E-state index in [4.69, 9.17) is 10.5 Å². The van der Waals surface area contributed by atoms with E-state index in [-0.39, 0.29) is 0 Å². The van der Waals surface area contributed by atoms with Crippen molar-refractivity contribution in [2.45, 2.75) is 38.0 Å². The monoisotopic (exact) mass is 425 g/mol. The first-order valence-corrected chi connectivity index (χ1v) is 12.3. The number of hydrogen-bond donors (Lipinski definition) is 2. The minimum absolute atomic E-state index is 0.423. The quantitative estimate of drug-likeness (QED) is 0.642. The summed E-state index contributed by atoms with van der Waals surface area (Å²) in [6.07, 6.45) is 9.75. The van der Waals surface area contributed by atoms with Crippen LogP contribution in [0.15, 0.2) is 52.1 Å². The summed E-state index contributed by atoms with van der Waals surface area (Å²) >= 11 is 0. The van der Waals surface area contributed by atoms with Gasteiger partial charge in [0.05, 0.1) is 20.3 Å². The van der Waals surface area contributed by atoms with E-state index < -0.39 is 9.73 Å². The van der Waals surface area contributed by atoms with E-state index in [0.717, 1.165) is 54.9 Å². The van der Waals surface area contributed by atoms with E-state index in [1.807, 2.05) is 18.2 Å². The van der Waals surface area contributed by atoms with Gasteiger partial charge in [-0.25, -0.2) is 14.0 Å². The average molecular weight is 426 g/mol. The number of aromatic nitrogens is 1. The lowest BCUT2D eigenvalue weighted by atomic mass is 10.0. The molecule has 0 aliphatic carbocycles. The molecule has 0 fully saturated rings. The SMILES string of the molecule is CCCN(CCC)CC1=Cc2ccc(-c3cncc(S(C)(=N)=O)c3)cc2N=C(N)C1. The number of nitrogens with one attached hydrogen (secondary N) is 1. The Labute approximate surface area is 179 Å². The molecule has 1 unspecified atom stereocenters. The lowest BCUT2D eigenvalue weighted by Gasteiger charge is -2.22. The zero-order valence-corrected chi connectivity index (χ0v) is 18.8. The molecule has 1 aromatic carbocycles. The predicted molar refractivity (Wildman–Crippen MR) is 126 cm³/mol. The maximum atomic E-state index is 12.1. The zero-order valence-electron chi connectivity index (χ0n) is 18.0. The number of aliphatic imine (C=N–C) groups is 1. The van der Waals surface area contributed by atoms with Crippen LogP contribution in [0.3, 0.4) is 0 Å². The first-order valence-electron chi connectivity index (χ1n) is 10.4. The highest BCUT2D eigenvalue weighted by molar-refractivity contribution is 7.91. The van der Waals surface area contributed by atoms with Crippen molar-refractivity contribution in [3.05, 3.63) is 47.8 Å². The maximum Gasteiger partial charge on any atom is 0.104 e. The van der Waals surface area contributed by atoms with Crippen molar-refractivity contribution >= 4 is 27.3 Å². The standard InChI is InChI=1S/C23H31N5OS/c1-4-8-28(9-5-2)16-17-10-19-7-6-18(13-22(19)27-23(24)11-17)20-12-21(15-26-14-20)30(3,25)29/h6-7,10,12-15,25H,4-5,8-9,11,16H2,1-3H3,(H2,24,27). The molecule has 30 heavy (non-hydrogen) atoms. The molecule has 0 saturated carbocycles. The Hall–Kier alpha value is -2.51. The average Bonchev–Trinajstić information content (AvgIpc) is 2.84. The molecule has 0 spiro atoms. The summed E-state index contributed by atoms with van der Waals surface area (Å²) in [6, 6.07) is 7.82. The summed E-state index contributed by atoms with van der Waals surface area (Å²) in [7, 11) is -2.82. The number of hydrogen-bond acceptors (Lipinski definition) is 6. The Bertz CT molecular complexity index is 1070. The minimum atomic E-state index is -2.82. The van der Waals surface area contributed by atoms with Crippen LogP contribution in [0.4, 0.5) is 5.69 Å². The molecule has 2 aromatic rings. The van der Waals surface area contributed by atoms with Crippen molar-refractivity contribution in [1.29, 1.82) is 4.78 Å². The third-order valence-electron chi connectivity index (χ3n) is 5.06. The van der Waals surface area contributed by atoms with Gasteiger partial charge in [0.2, 0.25) is 0 Å². The van der Waals surface area contributed by atoms with E-state index in [1.54, 1.807) is 12.3 Å². The molecule has 0 amide bonds. The third-order valence-corrected chi connectivity index (χ3v) is 6.19. The molecule has 1 aliphatic heterocycles. The van der Waals surface area contributed by atoms with Crippen molar-refractivity contribution in [3.63, 3.8) is 0 Å². The fraction of sp³-hybridized carbons (Fsp3) is 0.391. The van der Waals surface area contributed by atoms with Gasteiger partial charge in [0.15, 0.2) is 0 Å². The third kappa shape index (κ3) is 5.55. The number of nitrogens with two attached hydrogens (primary N) is 1. The summed E-state index contributed by atoms with van der Waals surface area (Å²) in [4.78, 5) is 11.7. The lowest BCUT2D eigenvalue weighted by Crippen LogP contribution is -2.28. The fourth-order valence-corrected chi connectivity index (χ4v) is 4.33. The second kappa shape index (κ2) is 9.53. The Balaban J connectivity index is 1.95. The van der Waals surface area contributed by atoms with Crippen molar-refractivity contribution in [2.24, 2.45) is 10.7 Å². The van der Waals surface area contributed by atoms with Gasteiger partial charge in [-0.1, -0.05) is 32.1 Å². The van der Waals surface area contributed by atoms with Crippen LogP contribution in [0.25, 0.3) is 17.2 Å². The Kier molecular flexibility index (Phi) is 7.05. The first-order chi connectivity index (χ1) is 14.3. The van der Waals surface area contributed by atoms with E-state index in [2.05, 4.69) is 34.8 Å². The Morgan fingerprint density at radius 3 is 2.53 bits per heavy atom. The molecular weight excluding hydrogens is 394 g/mol. The molecule has 7 heteroatoms. The minimum Gasteiger partial charge on any atom is -0.387 e. The molecule has 1 atom stereocenters. The molecule has 3 rings (SSSR count). The second-order valence-electron chi connectivity index (χ2n) is 7.89. The van der Waals surface area contributed by atoms with Crippen LogP contribution in [-0.2, 0) is 9.73 Å². The molecule has 0 saturated heterocycles. The summed E-state index contributed by atoms with van der Waals surface area (Å²) in [5, 5.41) is 0. The lowest BCUT2D eigenvalue weighted by molar-refractivity contribution is 0.297. The normalized spacial score (nSPS) is 15.7. The summed E-state index contributed by atoms with van der Waals surface area (Å²) in [5.41, 5.74) is 11.1. The molecular formula is C23H31N5OS. The topological polar surface area (TPSA) is 95.4 Å². The Morgan fingerprint density at radius 2 is 1.87 bits per heavy atom. The fourth-order valence-electron chi connectivity index (χ4n) is 3.72. The highest BCUT2D eigenvalue weighted by Crippen LogP contribution is 2.32. The summed E-state index contributed by atoms with van der Waals surface area (Å²) in [5.74, 6) is 0.611. The van der Waals surface area contributed by atoms with Gasteiger partial charge in [0.1, 0.15) is 5.84 Å². The number of pyridine rings is 1. The maximum absolute atomic E-state index is 12.1. The van der Waals surface area contributed by atoms with Crippen molar-refractivity contribution in [2.75, 3.05) is 25.9 Å². The molecule has 0 radical (unpaired) electrons. The number of amidine groups is 1. The predicted octanol–water partition coefficient (Wildman–Crippen LogP) is 4.68. The van der Waals surface area contributed by atoms with Gasteiger partial charge >= 0.3 is 0 Å². The Morgan fingerprint density at radius 1 is 1.13 bits per heavy atom. The van der Waals surface area contributed by atoms with E-state index in [1.165, 1.54) is 18.0 Å². The second-order valence-corrected chi connectivity index (χ2v) is 10.0. The molecule has 0 bridgehead atoms. The van der Waals surface area contributed by atoms with E-state index >= 15 is 0 Å². The van der Waals surface area contributed by atoms with Gasteiger partial charge in [0.25, 0.3) is 0 Å². The van der Waals surface area contributed by atoms with Crippen LogP contribution in [-0.4, -0.2) is 45.8 Å². The first kappa shape index (κ1) is 22.2. The van der Waals surface area contributed by atoms with E-state index in [0.29, 0.717) is 17.2 Å². The molecule has 1 aromatic heterocycles. The van der Waals surface area contributed by atoms with Gasteiger partial charge in [0, 0.05) is 42.7 Å². The summed E-state index contributed by atoms with van der Waals surface area (Å²) in [6.45, 7) is 7.47. The van der Waals surface area contributed by atoms with Crippen molar-refractivity contribution in [3.8, 4) is 11.1 Å². The van der Waals surface area contributed by atoms with Crippen LogP contribution in [0, 0.1) is 4.78 Å². The molecule has 1 aliphatic rings. The van der Waals surface area contributed by atoms with Gasteiger partial charge < -0.3 is 5.73 Å². The molecule has 2 heterocycles. The van der Waals surface area contributed by atoms with E-state index in [9.17, 15) is 4.21 Å². The van der Waals surface area contributed by atoms with Crippen molar-refractivity contribution in [1.82, 2.24) is 9.88 Å². The number of benzene rings is 1. The van der Waals surface area contributed by atoms with Crippen LogP contribution >= 0.6 is 0 Å². The van der Waals surface area contributed by atoms with Gasteiger partial charge in [-0.3, -0.25) is 9.88 Å². The molecule has 160 valence electrons. The smallest absolute Gasteiger partial charge is 0.104 e. The van der Waals surface area contributed by atoms with Crippen LogP contribution in [0.5, 0.6) is 0 Å². The van der Waals surface area contributed by atoms with Gasteiger partial charge in [-0.05, 0) is 49.2 Å². The largest absolute Gasteiger partial charge is 0.387 e. The highest BCUT2D eigenvalue weighted by Gasteiger charge is 2.14. The summed E-state index contributed by atoms with van der Waals surface area (Å²) < 4.78 is 19.9. The van der Waals surface area contributed by atoms with Crippen molar-refractivity contribution < 1.29 is 4.21 Å². The van der Waals surface area contributed by atoms with Gasteiger partial charge in [-0.15, -0.1) is 0 Å². The highest BCUT2D eigenvalue weighted by atomic mass is 32.2.